The molecule has 2 aromatic rings. The van der Waals surface area contributed by atoms with Crippen molar-refractivity contribution in [2.45, 2.75) is 25.7 Å². The number of nitrogens with zero attached hydrogens (tertiary/aromatic N) is 1. The van der Waals surface area contributed by atoms with Crippen LogP contribution in [0.4, 0.5) is 0 Å². The standard InChI is InChI=1S/C13H13NO/c15-12-7-3-5-10-8-9-4-1-2-6-11(9)14-13(10)12/h3,5,7-8,15H,1-2,4,6H2. The highest BCUT2D eigenvalue weighted by Gasteiger charge is 2.12. The minimum atomic E-state index is 0.292. The molecule has 0 saturated carbocycles. The van der Waals surface area contributed by atoms with Crippen LogP contribution in [-0.2, 0) is 12.8 Å². The maximum atomic E-state index is 9.71. The Morgan fingerprint density at radius 2 is 2.00 bits per heavy atom. The van der Waals surface area contributed by atoms with Crippen molar-refractivity contribution >= 4 is 10.9 Å². The molecule has 0 saturated heterocycles. The first-order valence-corrected chi connectivity index (χ1v) is 5.45. The van der Waals surface area contributed by atoms with E-state index in [0.717, 1.165) is 23.7 Å². The molecular weight excluding hydrogens is 186 g/mol. The Labute approximate surface area is 88.6 Å². The first-order valence-electron chi connectivity index (χ1n) is 5.45. The maximum absolute atomic E-state index is 9.71. The van der Waals surface area contributed by atoms with Crippen molar-refractivity contribution < 1.29 is 5.11 Å². The molecule has 0 unspecified atom stereocenters. The van der Waals surface area contributed by atoms with Gasteiger partial charge in [0.1, 0.15) is 11.3 Å². The van der Waals surface area contributed by atoms with E-state index in [1.54, 1.807) is 6.07 Å². The van der Waals surface area contributed by atoms with E-state index in [1.165, 1.54) is 24.1 Å². The van der Waals surface area contributed by atoms with Crippen LogP contribution in [0.5, 0.6) is 5.75 Å². The van der Waals surface area contributed by atoms with Gasteiger partial charge in [-0.25, -0.2) is 4.98 Å². The molecule has 2 heteroatoms. The van der Waals surface area contributed by atoms with Gasteiger partial charge >= 0.3 is 0 Å². The van der Waals surface area contributed by atoms with Crippen molar-refractivity contribution in [3.63, 3.8) is 0 Å². The van der Waals surface area contributed by atoms with Crippen LogP contribution in [0.25, 0.3) is 10.9 Å². The zero-order chi connectivity index (χ0) is 10.3. The molecular formula is C13H13NO. The average molecular weight is 199 g/mol. The summed E-state index contributed by atoms with van der Waals surface area (Å²) in [5.41, 5.74) is 3.28. The summed E-state index contributed by atoms with van der Waals surface area (Å²) < 4.78 is 0. The molecule has 1 aliphatic rings. The lowest BCUT2D eigenvalue weighted by Crippen LogP contribution is -2.05. The van der Waals surface area contributed by atoms with Gasteiger partial charge in [-0.3, -0.25) is 0 Å². The van der Waals surface area contributed by atoms with Gasteiger partial charge in [0, 0.05) is 11.1 Å². The van der Waals surface area contributed by atoms with Crippen molar-refractivity contribution in [3.8, 4) is 5.75 Å². The molecule has 0 radical (unpaired) electrons. The van der Waals surface area contributed by atoms with E-state index in [2.05, 4.69) is 11.1 Å². The minimum absolute atomic E-state index is 0.292. The highest BCUT2D eigenvalue weighted by molar-refractivity contribution is 5.85. The number of aromatic hydroxyl groups is 1. The predicted octanol–water partition coefficient (Wildman–Crippen LogP) is 2.82. The second-order valence-electron chi connectivity index (χ2n) is 4.15. The van der Waals surface area contributed by atoms with E-state index in [4.69, 9.17) is 0 Å². The largest absolute Gasteiger partial charge is 0.506 e. The van der Waals surface area contributed by atoms with Crippen LogP contribution in [0.1, 0.15) is 24.1 Å². The van der Waals surface area contributed by atoms with E-state index in [-0.39, 0.29) is 0 Å². The zero-order valence-corrected chi connectivity index (χ0v) is 8.53. The van der Waals surface area contributed by atoms with E-state index in [9.17, 15) is 5.11 Å². The molecule has 2 nitrogen and oxygen atoms in total. The molecule has 3 rings (SSSR count). The number of hydrogen-bond donors (Lipinski definition) is 1. The number of rotatable bonds is 0. The molecule has 0 aliphatic heterocycles. The number of pyridine rings is 1. The van der Waals surface area contributed by atoms with Crippen molar-refractivity contribution in [2.24, 2.45) is 0 Å². The van der Waals surface area contributed by atoms with Gasteiger partial charge in [0.05, 0.1) is 0 Å². The van der Waals surface area contributed by atoms with Crippen molar-refractivity contribution in [3.05, 3.63) is 35.5 Å². The van der Waals surface area contributed by atoms with Crippen LogP contribution >= 0.6 is 0 Å². The summed E-state index contributed by atoms with van der Waals surface area (Å²) in [4.78, 5) is 4.57. The number of aromatic nitrogens is 1. The van der Waals surface area contributed by atoms with Gasteiger partial charge in [-0.2, -0.15) is 0 Å². The second-order valence-corrected chi connectivity index (χ2v) is 4.15. The lowest BCUT2D eigenvalue weighted by Gasteiger charge is -2.15. The van der Waals surface area contributed by atoms with E-state index < -0.39 is 0 Å². The Morgan fingerprint density at radius 1 is 1.13 bits per heavy atom. The van der Waals surface area contributed by atoms with E-state index in [0.29, 0.717) is 5.75 Å². The molecule has 0 bridgehead atoms. The molecule has 1 aromatic carbocycles. The van der Waals surface area contributed by atoms with Gasteiger partial charge < -0.3 is 5.11 Å². The topological polar surface area (TPSA) is 33.1 Å². The Kier molecular flexibility index (Phi) is 1.88. The van der Waals surface area contributed by atoms with Crippen LogP contribution in [0, 0.1) is 0 Å². The molecule has 1 aliphatic carbocycles. The molecule has 15 heavy (non-hydrogen) atoms. The zero-order valence-electron chi connectivity index (χ0n) is 8.53. The van der Waals surface area contributed by atoms with Crippen LogP contribution in [0.3, 0.4) is 0 Å². The molecule has 1 N–H and O–H groups in total. The van der Waals surface area contributed by atoms with Gasteiger partial charge in [-0.15, -0.1) is 0 Å². The quantitative estimate of drug-likeness (QED) is 0.707. The molecule has 0 amide bonds. The molecule has 76 valence electrons. The van der Waals surface area contributed by atoms with Crippen molar-refractivity contribution in [1.29, 1.82) is 0 Å². The smallest absolute Gasteiger partial charge is 0.141 e. The number of aryl methyl sites for hydroxylation is 2. The molecule has 0 atom stereocenters. The van der Waals surface area contributed by atoms with Gasteiger partial charge in [0.2, 0.25) is 0 Å². The average Bonchev–Trinajstić information content (AvgIpc) is 2.27. The second kappa shape index (κ2) is 3.23. The third kappa shape index (κ3) is 1.37. The minimum Gasteiger partial charge on any atom is -0.506 e. The number of benzene rings is 1. The third-order valence-electron chi connectivity index (χ3n) is 3.10. The van der Waals surface area contributed by atoms with Gasteiger partial charge in [-0.1, -0.05) is 12.1 Å². The Hall–Kier alpha value is -1.57. The normalized spacial score (nSPS) is 15.2. The number of fused-ring (bicyclic) bond motifs is 2. The Morgan fingerprint density at radius 3 is 2.93 bits per heavy atom. The number of phenols is 1. The Balaban J connectivity index is 2.31. The van der Waals surface area contributed by atoms with E-state index >= 15 is 0 Å². The summed E-state index contributed by atoms with van der Waals surface area (Å²) in [6, 6.07) is 7.76. The molecule has 1 heterocycles. The lowest BCUT2D eigenvalue weighted by atomic mass is 9.95. The first-order chi connectivity index (χ1) is 7.34. The number of phenolic OH excluding ortho intramolecular Hbond substituents is 1. The van der Waals surface area contributed by atoms with Crippen LogP contribution in [0.15, 0.2) is 24.3 Å². The predicted molar refractivity (Wildman–Crippen MR) is 60.0 cm³/mol. The van der Waals surface area contributed by atoms with Crippen LogP contribution in [0.2, 0.25) is 0 Å². The van der Waals surface area contributed by atoms with Crippen molar-refractivity contribution in [2.75, 3.05) is 0 Å². The fourth-order valence-corrected chi connectivity index (χ4v) is 2.31. The summed E-state index contributed by atoms with van der Waals surface area (Å²) in [7, 11) is 0. The summed E-state index contributed by atoms with van der Waals surface area (Å²) >= 11 is 0. The fourth-order valence-electron chi connectivity index (χ4n) is 2.31. The maximum Gasteiger partial charge on any atom is 0.141 e. The molecule has 0 fully saturated rings. The van der Waals surface area contributed by atoms with Gasteiger partial charge in [0.15, 0.2) is 0 Å². The van der Waals surface area contributed by atoms with E-state index in [1.807, 2.05) is 12.1 Å². The summed E-state index contributed by atoms with van der Waals surface area (Å²) in [6.45, 7) is 0. The fraction of sp³-hybridized carbons (Fsp3) is 0.308. The van der Waals surface area contributed by atoms with Gasteiger partial charge in [0.25, 0.3) is 0 Å². The lowest BCUT2D eigenvalue weighted by molar-refractivity contribution is 0.480. The molecule has 0 spiro atoms. The third-order valence-corrected chi connectivity index (χ3v) is 3.10. The highest BCUT2D eigenvalue weighted by atomic mass is 16.3. The summed E-state index contributed by atoms with van der Waals surface area (Å²) in [6.07, 6.45) is 4.67. The first kappa shape index (κ1) is 8.72. The Bertz CT molecular complexity index is 519. The van der Waals surface area contributed by atoms with Crippen LogP contribution in [-0.4, -0.2) is 10.1 Å². The SMILES string of the molecule is Oc1cccc2cc3c(nc12)CCCC3. The van der Waals surface area contributed by atoms with Crippen molar-refractivity contribution in [1.82, 2.24) is 4.98 Å². The van der Waals surface area contributed by atoms with Gasteiger partial charge in [-0.05, 0) is 43.4 Å². The molecule has 1 aromatic heterocycles. The summed E-state index contributed by atoms with van der Waals surface area (Å²) in [5, 5.41) is 10.8. The highest BCUT2D eigenvalue weighted by Crippen LogP contribution is 2.28. The monoisotopic (exact) mass is 199 g/mol. The number of hydrogen-bond acceptors (Lipinski definition) is 2. The number of para-hydroxylation sites is 1. The van der Waals surface area contributed by atoms with Crippen LogP contribution < -0.4 is 0 Å². The summed E-state index contributed by atoms with van der Waals surface area (Å²) in [5.74, 6) is 0.292.